The molecule has 0 fully saturated rings. The van der Waals surface area contributed by atoms with E-state index in [1.54, 1.807) is 16.2 Å². The predicted molar refractivity (Wildman–Crippen MR) is 94.2 cm³/mol. The summed E-state index contributed by atoms with van der Waals surface area (Å²) in [7, 11) is 0. The summed E-state index contributed by atoms with van der Waals surface area (Å²) in [5.74, 6) is -0.0674. The predicted octanol–water partition coefficient (Wildman–Crippen LogP) is 2.24. The molecule has 4 rings (SSSR count). The number of nitrogens with zero attached hydrogens (tertiary/aromatic N) is 6. The van der Waals surface area contributed by atoms with Crippen molar-refractivity contribution in [3.05, 3.63) is 52.8 Å². The quantitative estimate of drug-likeness (QED) is 0.702. The Morgan fingerprint density at radius 1 is 1.20 bits per heavy atom. The van der Waals surface area contributed by atoms with E-state index < -0.39 is 0 Å². The van der Waals surface area contributed by atoms with Crippen LogP contribution >= 0.6 is 11.3 Å². The Hall–Kier alpha value is -2.61. The summed E-state index contributed by atoms with van der Waals surface area (Å²) in [5, 5.41) is 11.8. The fourth-order valence-electron chi connectivity index (χ4n) is 2.96. The van der Waals surface area contributed by atoms with Gasteiger partial charge in [0.1, 0.15) is 12.9 Å². The highest BCUT2D eigenvalue weighted by Crippen LogP contribution is 2.32. The minimum Gasteiger partial charge on any atom is -0.282 e. The first-order valence-corrected chi connectivity index (χ1v) is 9.15. The van der Waals surface area contributed by atoms with E-state index in [1.807, 2.05) is 30.3 Å². The lowest BCUT2D eigenvalue weighted by Crippen LogP contribution is -2.33. The lowest BCUT2D eigenvalue weighted by molar-refractivity contribution is -0.119. The molecule has 8 heteroatoms. The van der Waals surface area contributed by atoms with Crippen LogP contribution in [0.2, 0.25) is 0 Å². The van der Waals surface area contributed by atoms with Gasteiger partial charge in [-0.05, 0) is 41.7 Å². The third kappa shape index (κ3) is 3.58. The van der Waals surface area contributed by atoms with Crippen LogP contribution in [0.15, 0.2) is 36.7 Å². The molecule has 3 aromatic rings. The molecule has 128 valence electrons. The Kier molecular flexibility index (Phi) is 4.51. The molecule has 25 heavy (non-hydrogen) atoms. The standard InChI is InChI=1S/C17H18N6OS/c24-16(11-22-12-18-20-21-22)23(10-13-6-2-1-3-7-13)17-19-14-8-4-5-9-15(14)25-17/h1-3,6-7,12H,4-5,8-11H2. The van der Waals surface area contributed by atoms with Gasteiger partial charge in [-0.2, -0.15) is 0 Å². The van der Waals surface area contributed by atoms with Gasteiger partial charge in [0, 0.05) is 4.88 Å². The Morgan fingerprint density at radius 3 is 2.80 bits per heavy atom. The van der Waals surface area contributed by atoms with Crippen LogP contribution in [0.4, 0.5) is 5.13 Å². The van der Waals surface area contributed by atoms with E-state index in [0.717, 1.165) is 29.2 Å². The van der Waals surface area contributed by atoms with E-state index >= 15 is 0 Å². The molecular weight excluding hydrogens is 336 g/mol. The van der Waals surface area contributed by atoms with Crippen molar-refractivity contribution < 1.29 is 4.79 Å². The summed E-state index contributed by atoms with van der Waals surface area (Å²) in [6, 6.07) is 9.97. The van der Waals surface area contributed by atoms with Gasteiger partial charge in [-0.15, -0.1) is 16.4 Å². The van der Waals surface area contributed by atoms with Crippen molar-refractivity contribution >= 4 is 22.4 Å². The molecule has 1 aliphatic rings. The number of thiazole rings is 1. The zero-order valence-corrected chi connectivity index (χ0v) is 14.5. The zero-order chi connectivity index (χ0) is 17.1. The molecule has 1 aromatic carbocycles. The van der Waals surface area contributed by atoms with Crippen molar-refractivity contribution in [3.8, 4) is 0 Å². The third-order valence-corrected chi connectivity index (χ3v) is 5.42. The second kappa shape index (κ2) is 7.10. The van der Waals surface area contributed by atoms with Gasteiger partial charge >= 0.3 is 0 Å². The lowest BCUT2D eigenvalue weighted by Gasteiger charge is -2.20. The fraction of sp³-hybridized carbons (Fsp3) is 0.353. The summed E-state index contributed by atoms with van der Waals surface area (Å²) >= 11 is 1.64. The van der Waals surface area contributed by atoms with E-state index in [0.29, 0.717) is 6.54 Å². The number of aryl methyl sites for hydroxylation is 2. The largest absolute Gasteiger partial charge is 0.282 e. The first-order chi connectivity index (χ1) is 12.3. The van der Waals surface area contributed by atoms with Crippen molar-refractivity contribution in [2.45, 2.75) is 38.8 Å². The van der Waals surface area contributed by atoms with E-state index in [9.17, 15) is 4.79 Å². The number of carbonyl (C=O) groups is 1. The summed E-state index contributed by atoms with van der Waals surface area (Å²) in [4.78, 5) is 20.7. The van der Waals surface area contributed by atoms with Crippen molar-refractivity contribution in [2.24, 2.45) is 0 Å². The van der Waals surface area contributed by atoms with Gasteiger partial charge in [-0.25, -0.2) is 9.67 Å². The maximum Gasteiger partial charge on any atom is 0.250 e. The topological polar surface area (TPSA) is 76.8 Å². The summed E-state index contributed by atoms with van der Waals surface area (Å²) < 4.78 is 1.44. The van der Waals surface area contributed by atoms with Crippen molar-refractivity contribution in [1.82, 2.24) is 25.2 Å². The summed E-state index contributed by atoms with van der Waals surface area (Å²) in [6.45, 7) is 0.596. The molecular formula is C17H18N6OS. The number of anilines is 1. The summed E-state index contributed by atoms with van der Waals surface area (Å²) in [5.41, 5.74) is 2.22. The van der Waals surface area contributed by atoms with Crippen LogP contribution < -0.4 is 4.90 Å². The van der Waals surface area contributed by atoms with E-state index in [1.165, 1.54) is 28.7 Å². The number of rotatable bonds is 5. The third-order valence-electron chi connectivity index (χ3n) is 4.24. The van der Waals surface area contributed by atoms with Gasteiger partial charge in [0.15, 0.2) is 5.13 Å². The molecule has 2 heterocycles. The van der Waals surface area contributed by atoms with Crippen LogP contribution in [0.25, 0.3) is 0 Å². The van der Waals surface area contributed by atoms with E-state index in [-0.39, 0.29) is 12.5 Å². The van der Waals surface area contributed by atoms with E-state index in [4.69, 9.17) is 4.98 Å². The molecule has 2 aromatic heterocycles. The molecule has 0 unspecified atom stereocenters. The van der Waals surface area contributed by atoms with Gasteiger partial charge in [0.25, 0.3) is 5.91 Å². The Labute approximate surface area is 149 Å². The number of carbonyl (C=O) groups excluding carboxylic acids is 1. The highest BCUT2D eigenvalue weighted by molar-refractivity contribution is 7.15. The summed E-state index contributed by atoms with van der Waals surface area (Å²) in [6.07, 6.45) is 5.89. The van der Waals surface area contributed by atoms with Crippen LogP contribution in [-0.2, 0) is 30.7 Å². The maximum atomic E-state index is 12.9. The molecule has 0 saturated heterocycles. The second-order valence-electron chi connectivity index (χ2n) is 6.05. The first-order valence-electron chi connectivity index (χ1n) is 8.33. The number of fused-ring (bicyclic) bond motifs is 1. The molecule has 1 amide bonds. The van der Waals surface area contributed by atoms with Gasteiger partial charge in [0.2, 0.25) is 0 Å². The normalized spacial score (nSPS) is 13.4. The Morgan fingerprint density at radius 2 is 2.04 bits per heavy atom. The Balaban J connectivity index is 1.62. The minimum absolute atomic E-state index is 0.0674. The minimum atomic E-state index is -0.0674. The second-order valence-corrected chi connectivity index (χ2v) is 7.11. The number of tetrazole rings is 1. The smallest absolute Gasteiger partial charge is 0.250 e. The number of amides is 1. The Bertz CT molecular complexity index is 822. The number of aromatic nitrogens is 5. The molecule has 0 saturated carbocycles. The van der Waals surface area contributed by atoms with E-state index in [2.05, 4.69) is 15.5 Å². The highest BCUT2D eigenvalue weighted by Gasteiger charge is 2.24. The molecule has 0 spiro atoms. The molecule has 0 aliphatic heterocycles. The van der Waals surface area contributed by atoms with Crippen molar-refractivity contribution in [2.75, 3.05) is 4.90 Å². The van der Waals surface area contributed by atoms with Gasteiger partial charge in [-0.3, -0.25) is 9.69 Å². The fourth-order valence-corrected chi connectivity index (χ4v) is 4.12. The lowest BCUT2D eigenvalue weighted by atomic mass is 10.0. The van der Waals surface area contributed by atoms with Crippen LogP contribution in [0.1, 0.15) is 29.0 Å². The van der Waals surface area contributed by atoms with Crippen LogP contribution in [0.5, 0.6) is 0 Å². The van der Waals surface area contributed by atoms with Crippen LogP contribution in [-0.4, -0.2) is 31.1 Å². The van der Waals surface area contributed by atoms with Crippen LogP contribution in [0, 0.1) is 0 Å². The van der Waals surface area contributed by atoms with Gasteiger partial charge in [0.05, 0.1) is 12.2 Å². The monoisotopic (exact) mass is 354 g/mol. The van der Waals surface area contributed by atoms with Crippen molar-refractivity contribution in [1.29, 1.82) is 0 Å². The molecule has 0 N–H and O–H groups in total. The van der Waals surface area contributed by atoms with Crippen molar-refractivity contribution in [3.63, 3.8) is 0 Å². The molecule has 1 aliphatic carbocycles. The maximum absolute atomic E-state index is 12.9. The van der Waals surface area contributed by atoms with Crippen LogP contribution in [0.3, 0.4) is 0 Å². The van der Waals surface area contributed by atoms with Gasteiger partial charge < -0.3 is 0 Å². The first kappa shape index (κ1) is 15.9. The number of hydrogen-bond acceptors (Lipinski definition) is 6. The molecule has 0 atom stereocenters. The highest BCUT2D eigenvalue weighted by atomic mass is 32.1. The molecule has 0 bridgehead atoms. The van der Waals surface area contributed by atoms with Gasteiger partial charge in [-0.1, -0.05) is 30.3 Å². The zero-order valence-electron chi connectivity index (χ0n) is 13.7. The number of benzene rings is 1. The average Bonchev–Trinajstić information content (AvgIpc) is 3.29. The molecule has 7 nitrogen and oxygen atoms in total. The number of hydrogen-bond donors (Lipinski definition) is 0. The SMILES string of the molecule is O=C(Cn1cnnn1)N(Cc1ccccc1)c1nc2c(s1)CCCC2. The average molecular weight is 354 g/mol. The molecule has 0 radical (unpaired) electrons.